The fourth-order valence-corrected chi connectivity index (χ4v) is 1.36. The highest BCUT2D eigenvalue weighted by Gasteiger charge is 1.89. The van der Waals surface area contributed by atoms with E-state index in [1.165, 1.54) is 0 Å². The standard InChI is InChI=1S/C17H27NO/c1-4-14-19-15-12-17(9-7-8-13-18)11-10-16(5-2)6-3/h5-7,9-12H,2,4,8,13-15,18H2,1,3H3/b9-7-,11-10+,16-6+,17-12+. The first-order valence-electron chi connectivity index (χ1n) is 6.89. The van der Waals surface area contributed by atoms with Crippen molar-refractivity contribution in [1.29, 1.82) is 0 Å². The summed E-state index contributed by atoms with van der Waals surface area (Å²) >= 11 is 0. The van der Waals surface area contributed by atoms with Crippen molar-refractivity contribution in [2.75, 3.05) is 19.8 Å². The summed E-state index contributed by atoms with van der Waals surface area (Å²) in [7, 11) is 0. The van der Waals surface area contributed by atoms with Crippen LogP contribution in [0.25, 0.3) is 0 Å². The summed E-state index contributed by atoms with van der Waals surface area (Å²) in [5.41, 5.74) is 7.72. The van der Waals surface area contributed by atoms with Gasteiger partial charge in [-0.1, -0.05) is 56.0 Å². The molecule has 106 valence electrons. The van der Waals surface area contributed by atoms with Crippen molar-refractivity contribution < 1.29 is 4.74 Å². The van der Waals surface area contributed by atoms with E-state index in [1.807, 2.05) is 25.2 Å². The topological polar surface area (TPSA) is 35.2 Å². The lowest BCUT2D eigenvalue weighted by Gasteiger charge is -1.99. The summed E-state index contributed by atoms with van der Waals surface area (Å²) in [5, 5.41) is 0. The molecule has 0 fully saturated rings. The van der Waals surface area contributed by atoms with Crippen LogP contribution in [0.1, 0.15) is 26.7 Å². The van der Waals surface area contributed by atoms with Gasteiger partial charge in [-0.25, -0.2) is 0 Å². The Bertz CT molecular complexity index is 348. The van der Waals surface area contributed by atoms with Crippen LogP contribution in [0.3, 0.4) is 0 Å². The zero-order valence-corrected chi connectivity index (χ0v) is 12.3. The van der Waals surface area contributed by atoms with Gasteiger partial charge < -0.3 is 10.5 Å². The van der Waals surface area contributed by atoms with Crippen molar-refractivity contribution >= 4 is 0 Å². The number of ether oxygens (including phenoxy) is 1. The Hall–Kier alpha value is -1.38. The number of hydrogen-bond acceptors (Lipinski definition) is 2. The largest absolute Gasteiger partial charge is 0.377 e. The fraction of sp³-hybridized carbons (Fsp3) is 0.412. The summed E-state index contributed by atoms with van der Waals surface area (Å²) in [6, 6.07) is 0. The molecular formula is C17H27NO. The fourth-order valence-electron chi connectivity index (χ4n) is 1.36. The highest BCUT2D eigenvalue weighted by atomic mass is 16.5. The molecule has 0 aromatic carbocycles. The van der Waals surface area contributed by atoms with Gasteiger partial charge in [-0.15, -0.1) is 0 Å². The third-order valence-corrected chi connectivity index (χ3v) is 2.47. The van der Waals surface area contributed by atoms with E-state index in [0.29, 0.717) is 13.2 Å². The van der Waals surface area contributed by atoms with Crippen LogP contribution >= 0.6 is 0 Å². The van der Waals surface area contributed by atoms with E-state index in [2.05, 4.69) is 37.8 Å². The molecule has 0 aliphatic heterocycles. The van der Waals surface area contributed by atoms with Gasteiger partial charge in [-0.3, -0.25) is 0 Å². The monoisotopic (exact) mass is 261 g/mol. The highest BCUT2D eigenvalue weighted by Crippen LogP contribution is 2.05. The maximum absolute atomic E-state index is 5.48. The lowest BCUT2D eigenvalue weighted by Crippen LogP contribution is -1.95. The molecule has 0 aromatic rings. The maximum Gasteiger partial charge on any atom is 0.0656 e. The highest BCUT2D eigenvalue weighted by molar-refractivity contribution is 5.38. The smallest absolute Gasteiger partial charge is 0.0656 e. The average Bonchev–Trinajstić information content (AvgIpc) is 2.44. The van der Waals surface area contributed by atoms with E-state index in [0.717, 1.165) is 30.6 Å². The molecule has 0 unspecified atom stereocenters. The van der Waals surface area contributed by atoms with Crippen LogP contribution in [-0.4, -0.2) is 19.8 Å². The summed E-state index contributed by atoms with van der Waals surface area (Å²) in [4.78, 5) is 0. The Balaban J connectivity index is 4.61. The summed E-state index contributed by atoms with van der Waals surface area (Å²) in [5.74, 6) is 0. The van der Waals surface area contributed by atoms with Crippen LogP contribution < -0.4 is 5.73 Å². The molecule has 0 heterocycles. The molecule has 2 nitrogen and oxygen atoms in total. The minimum absolute atomic E-state index is 0.639. The van der Waals surface area contributed by atoms with Gasteiger partial charge in [0.15, 0.2) is 0 Å². The molecular weight excluding hydrogens is 234 g/mol. The van der Waals surface area contributed by atoms with Crippen LogP contribution in [0.5, 0.6) is 0 Å². The molecule has 0 atom stereocenters. The third kappa shape index (κ3) is 10.2. The second-order valence-electron chi connectivity index (χ2n) is 4.08. The molecule has 0 rings (SSSR count). The molecule has 0 aliphatic carbocycles. The first-order chi connectivity index (χ1) is 9.28. The van der Waals surface area contributed by atoms with Crippen molar-refractivity contribution in [3.05, 3.63) is 60.3 Å². The Kier molecular flexibility index (Phi) is 12.1. The van der Waals surface area contributed by atoms with Crippen LogP contribution in [0, 0.1) is 0 Å². The Morgan fingerprint density at radius 2 is 1.95 bits per heavy atom. The van der Waals surface area contributed by atoms with E-state index >= 15 is 0 Å². The van der Waals surface area contributed by atoms with Crippen LogP contribution in [0.4, 0.5) is 0 Å². The molecule has 2 heteroatoms. The third-order valence-electron chi connectivity index (χ3n) is 2.47. The van der Waals surface area contributed by atoms with Gasteiger partial charge in [0.05, 0.1) is 6.61 Å². The van der Waals surface area contributed by atoms with E-state index < -0.39 is 0 Å². The van der Waals surface area contributed by atoms with Crippen LogP contribution in [-0.2, 0) is 4.74 Å². The second kappa shape index (κ2) is 13.1. The zero-order chi connectivity index (χ0) is 14.3. The molecule has 0 saturated carbocycles. The number of nitrogens with two attached hydrogens (primary N) is 1. The van der Waals surface area contributed by atoms with Crippen molar-refractivity contribution in [2.24, 2.45) is 5.73 Å². The SMILES string of the molecule is C=CC(/C=C/C(/C=C\CCN)=C/COCCC)=C\C. The molecule has 0 saturated heterocycles. The van der Waals surface area contributed by atoms with Crippen LogP contribution in [0.2, 0.25) is 0 Å². The normalized spacial score (nSPS) is 13.6. The summed E-state index contributed by atoms with van der Waals surface area (Å²) in [6.45, 7) is 9.99. The van der Waals surface area contributed by atoms with Gasteiger partial charge >= 0.3 is 0 Å². The lowest BCUT2D eigenvalue weighted by molar-refractivity contribution is 0.163. The van der Waals surface area contributed by atoms with Crippen molar-refractivity contribution in [3.63, 3.8) is 0 Å². The first kappa shape index (κ1) is 17.6. The Morgan fingerprint density at radius 3 is 2.53 bits per heavy atom. The zero-order valence-electron chi connectivity index (χ0n) is 12.3. The molecule has 0 aromatic heterocycles. The molecule has 0 amide bonds. The molecule has 19 heavy (non-hydrogen) atoms. The van der Waals surface area contributed by atoms with E-state index in [4.69, 9.17) is 10.5 Å². The molecule has 0 aliphatic rings. The number of allylic oxidation sites excluding steroid dienone is 7. The number of hydrogen-bond donors (Lipinski definition) is 1. The Morgan fingerprint density at radius 1 is 1.21 bits per heavy atom. The van der Waals surface area contributed by atoms with Crippen molar-refractivity contribution in [2.45, 2.75) is 26.7 Å². The van der Waals surface area contributed by atoms with E-state index in [1.54, 1.807) is 0 Å². The minimum Gasteiger partial charge on any atom is -0.377 e. The van der Waals surface area contributed by atoms with Gasteiger partial charge in [0.1, 0.15) is 0 Å². The summed E-state index contributed by atoms with van der Waals surface area (Å²) < 4.78 is 5.48. The number of rotatable bonds is 10. The minimum atomic E-state index is 0.639. The van der Waals surface area contributed by atoms with Gasteiger partial charge in [0, 0.05) is 6.61 Å². The van der Waals surface area contributed by atoms with Crippen LogP contribution in [0.15, 0.2) is 60.3 Å². The van der Waals surface area contributed by atoms with Gasteiger partial charge in [-0.2, -0.15) is 0 Å². The first-order valence-corrected chi connectivity index (χ1v) is 6.89. The average molecular weight is 261 g/mol. The molecule has 0 bridgehead atoms. The Labute approximate surface area is 118 Å². The summed E-state index contributed by atoms with van der Waals surface area (Å²) in [6.07, 6.45) is 16.2. The predicted octanol–water partition coefficient (Wildman–Crippen LogP) is 3.93. The van der Waals surface area contributed by atoms with E-state index in [-0.39, 0.29) is 0 Å². The van der Waals surface area contributed by atoms with Gasteiger partial charge in [-0.05, 0) is 37.5 Å². The lowest BCUT2D eigenvalue weighted by atomic mass is 10.1. The van der Waals surface area contributed by atoms with Gasteiger partial charge in [0.2, 0.25) is 0 Å². The quantitative estimate of drug-likeness (QED) is 0.477. The maximum atomic E-state index is 5.48. The van der Waals surface area contributed by atoms with E-state index in [9.17, 15) is 0 Å². The predicted molar refractivity (Wildman–Crippen MR) is 85.1 cm³/mol. The molecule has 0 spiro atoms. The van der Waals surface area contributed by atoms with Crippen molar-refractivity contribution in [1.82, 2.24) is 0 Å². The molecule has 0 radical (unpaired) electrons. The molecule has 2 N–H and O–H groups in total. The van der Waals surface area contributed by atoms with Gasteiger partial charge in [0.25, 0.3) is 0 Å². The second-order valence-corrected chi connectivity index (χ2v) is 4.08. The van der Waals surface area contributed by atoms with Crippen molar-refractivity contribution in [3.8, 4) is 0 Å².